The molecule has 1 aromatic rings. The van der Waals surface area contributed by atoms with E-state index in [0.717, 1.165) is 0 Å². The van der Waals surface area contributed by atoms with Crippen LogP contribution in [0.3, 0.4) is 0 Å². The molecule has 2 nitrogen and oxygen atoms in total. The number of benzene rings is 1. The van der Waals surface area contributed by atoms with Crippen molar-refractivity contribution in [2.24, 2.45) is 0 Å². The zero-order chi connectivity index (χ0) is 12.3. The summed E-state index contributed by atoms with van der Waals surface area (Å²) in [6.45, 7) is 1.71. The number of methoxy groups -OCH3 is 1. The van der Waals surface area contributed by atoms with E-state index < -0.39 is 12.2 Å². The number of hydrogen-bond donors (Lipinski definition) is 1. The van der Waals surface area contributed by atoms with Gasteiger partial charge >= 0.3 is 6.18 Å². The molecule has 16 heavy (non-hydrogen) atoms. The summed E-state index contributed by atoms with van der Waals surface area (Å²) < 4.78 is 42.9. The first kappa shape index (κ1) is 12.8. The summed E-state index contributed by atoms with van der Waals surface area (Å²) >= 11 is 0. The smallest absolute Gasteiger partial charge is 0.407 e. The fourth-order valence-electron chi connectivity index (χ4n) is 1.60. The Kier molecular flexibility index (Phi) is 3.80. The summed E-state index contributed by atoms with van der Waals surface area (Å²) in [5, 5.41) is 2.26. The number of halogens is 3. The van der Waals surface area contributed by atoms with Crippen molar-refractivity contribution in [3.8, 4) is 5.75 Å². The first-order chi connectivity index (χ1) is 7.40. The van der Waals surface area contributed by atoms with E-state index >= 15 is 0 Å². The van der Waals surface area contributed by atoms with Crippen molar-refractivity contribution < 1.29 is 17.9 Å². The van der Waals surface area contributed by atoms with Gasteiger partial charge in [0.05, 0.1) is 7.11 Å². The number of ether oxygens (including phenoxy) is 1. The largest absolute Gasteiger partial charge is 0.496 e. The third-order valence-electron chi connectivity index (χ3n) is 2.37. The van der Waals surface area contributed by atoms with Crippen LogP contribution in [0, 0.1) is 6.92 Å². The van der Waals surface area contributed by atoms with E-state index in [1.165, 1.54) is 26.3 Å². The first-order valence-electron chi connectivity index (χ1n) is 4.78. The summed E-state index contributed by atoms with van der Waals surface area (Å²) in [6, 6.07) is 2.80. The zero-order valence-corrected chi connectivity index (χ0v) is 9.35. The van der Waals surface area contributed by atoms with Gasteiger partial charge in [0.15, 0.2) is 0 Å². The maximum Gasteiger partial charge on any atom is 0.407 e. The minimum atomic E-state index is -4.30. The molecule has 0 aliphatic heterocycles. The summed E-state index contributed by atoms with van der Waals surface area (Å²) in [7, 11) is 2.78. The lowest BCUT2D eigenvalue weighted by atomic mass is 10.0. The van der Waals surface area contributed by atoms with Crippen LogP contribution < -0.4 is 10.1 Å². The SMILES string of the molecule is CNC(c1ccc(OC)c(C)c1)C(F)(F)F. The molecular formula is C11H14F3NO. The van der Waals surface area contributed by atoms with Crippen molar-refractivity contribution >= 4 is 0 Å². The highest BCUT2D eigenvalue weighted by Gasteiger charge is 2.39. The summed E-state index contributed by atoms with van der Waals surface area (Å²) in [5.41, 5.74) is 0.873. The number of hydrogen-bond acceptors (Lipinski definition) is 2. The van der Waals surface area contributed by atoms with Crippen molar-refractivity contribution in [3.05, 3.63) is 29.3 Å². The molecule has 1 rings (SSSR count). The van der Waals surface area contributed by atoms with Crippen LogP contribution in [0.2, 0.25) is 0 Å². The van der Waals surface area contributed by atoms with Gasteiger partial charge in [0.1, 0.15) is 11.8 Å². The molecule has 0 spiro atoms. The number of rotatable bonds is 3. The van der Waals surface area contributed by atoms with Crippen LogP contribution in [0.15, 0.2) is 18.2 Å². The van der Waals surface area contributed by atoms with Crippen LogP contribution in [0.25, 0.3) is 0 Å². The molecule has 1 atom stereocenters. The highest BCUT2D eigenvalue weighted by Crippen LogP contribution is 2.33. The minimum absolute atomic E-state index is 0.188. The molecule has 1 unspecified atom stereocenters. The Morgan fingerprint density at radius 2 is 1.94 bits per heavy atom. The first-order valence-corrected chi connectivity index (χ1v) is 4.78. The van der Waals surface area contributed by atoms with Crippen molar-refractivity contribution in [2.45, 2.75) is 19.1 Å². The molecule has 1 aromatic carbocycles. The van der Waals surface area contributed by atoms with Crippen molar-refractivity contribution in [2.75, 3.05) is 14.2 Å². The second-order valence-corrected chi connectivity index (χ2v) is 3.49. The average molecular weight is 233 g/mol. The van der Waals surface area contributed by atoms with Gasteiger partial charge in [-0.2, -0.15) is 13.2 Å². The van der Waals surface area contributed by atoms with E-state index in [2.05, 4.69) is 5.32 Å². The van der Waals surface area contributed by atoms with Crippen LogP contribution in [0.4, 0.5) is 13.2 Å². The lowest BCUT2D eigenvalue weighted by molar-refractivity contribution is -0.156. The van der Waals surface area contributed by atoms with Gasteiger partial charge in [-0.25, -0.2) is 0 Å². The second-order valence-electron chi connectivity index (χ2n) is 3.49. The van der Waals surface area contributed by atoms with E-state index in [9.17, 15) is 13.2 Å². The predicted molar refractivity (Wildman–Crippen MR) is 55.6 cm³/mol. The topological polar surface area (TPSA) is 21.3 Å². The van der Waals surface area contributed by atoms with Gasteiger partial charge in [-0.15, -0.1) is 0 Å². The van der Waals surface area contributed by atoms with Gasteiger partial charge in [-0.3, -0.25) is 0 Å². The summed E-state index contributed by atoms with van der Waals surface area (Å²) in [4.78, 5) is 0. The fraction of sp³-hybridized carbons (Fsp3) is 0.455. The van der Waals surface area contributed by atoms with E-state index in [0.29, 0.717) is 11.3 Å². The minimum Gasteiger partial charge on any atom is -0.496 e. The molecule has 0 aliphatic rings. The molecule has 0 bridgehead atoms. The molecular weight excluding hydrogens is 219 g/mol. The fourth-order valence-corrected chi connectivity index (χ4v) is 1.60. The Labute approximate surface area is 92.4 Å². The van der Waals surface area contributed by atoms with Gasteiger partial charge in [-0.05, 0) is 31.2 Å². The highest BCUT2D eigenvalue weighted by atomic mass is 19.4. The van der Waals surface area contributed by atoms with Gasteiger partial charge in [0, 0.05) is 0 Å². The van der Waals surface area contributed by atoms with Crippen molar-refractivity contribution in [1.29, 1.82) is 0 Å². The average Bonchev–Trinajstić information content (AvgIpc) is 2.17. The van der Waals surface area contributed by atoms with E-state index in [-0.39, 0.29) is 5.56 Å². The lowest BCUT2D eigenvalue weighted by Gasteiger charge is -2.20. The van der Waals surface area contributed by atoms with Crippen molar-refractivity contribution in [1.82, 2.24) is 5.32 Å². The van der Waals surface area contributed by atoms with Crippen molar-refractivity contribution in [3.63, 3.8) is 0 Å². The third kappa shape index (κ3) is 2.66. The molecule has 0 amide bonds. The Morgan fingerprint density at radius 1 is 1.31 bits per heavy atom. The quantitative estimate of drug-likeness (QED) is 0.866. The van der Waals surface area contributed by atoms with E-state index in [1.54, 1.807) is 13.0 Å². The third-order valence-corrected chi connectivity index (χ3v) is 2.37. The number of nitrogens with one attached hydrogen (secondary N) is 1. The molecule has 5 heteroatoms. The van der Waals surface area contributed by atoms with Crippen LogP contribution in [0.1, 0.15) is 17.2 Å². The maximum absolute atomic E-state index is 12.6. The summed E-state index contributed by atoms with van der Waals surface area (Å²) in [5.74, 6) is 0.584. The van der Waals surface area contributed by atoms with Crippen LogP contribution in [0.5, 0.6) is 5.75 Å². The van der Waals surface area contributed by atoms with Gasteiger partial charge < -0.3 is 10.1 Å². The van der Waals surface area contributed by atoms with E-state index in [1.807, 2.05) is 0 Å². The monoisotopic (exact) mass is 233 g/mol. The van der Waals surface area contributed by atoms with Gasteiger partial charge in [0.2, 0.25) is 0 Å². The molecule has 0 heterocycles. The van der Waals surface area contributed by atoms with Gasteiger partial charge in [0.25, 0.3) is 0 Å². The molecule has 0 aliphatic carbocycles. The normalized spacial score (nSPS) is 13.6. The highest BCUT2D eigenvalue weighted by molar-refractivity contribution is 5.37. The zero-order valence-electron chi connectivity index (χ0n) is 9.35. The van der Waals surface area contributed by atoms with Crippen LogP contribution in [-0.4, -0.2) is 20.3 Å². The molecule has 0 fully saturated rings. The number of alkyl halides is 3. The maximum atomic E-state index is 12.6. The molecule has 1 N–H and O–H groups in total. The standard InChI is InChI=1S/C11H14F3NO/c1-7-6-8(4-5-9(7)16-3)10(15-2)11(12,13)14/h4-6,10,15H,1-3H3. The molecule has 0 saturated carbocycles. The van der Waals surface area contributed by atoms with E-state index in [4.69, 9.17) is 4.74 Å². The van der Waals surface area contributed by atoms with Crippen LogP contribution >= 0.6 is 0 Å². The molecule has 0 aromatic heterocycles. The summed E-state index contributed by atoms with van der Waals surface area (Å²) in [6.07, 6.45) is -4.30. The predicted octanol–water partition coefficient (Wildman–Crippen LogP) is 2.83. The molecule has 0 saturated heterocycles. The lowest BCUT2D eigenvalue weighted by Crippen LogP contribution is -2.31. The Hall–Kier alpha value is -1.23. The van der Waals surface area contributed by atoms with Gasteiger partial charge in [-0.1, -0.05) is 12.1 Å². The Balaban J connectivity index is 3.08. The number of aryl methyl sites for hydroxylation is 1. The molecule has 0 radical (unpaired) electrons. The second kappa shape index (κ2) is 4.74. The Morgan fingerprint density at radius 3 is 2.31 bits per heavy atom. The molecule has 90 valence electrons. The van der Waals surface area contributed by atoms with Crippen LogP contribution in [-0.2, 0) is 0 Å². The Bertz CT molecular complexity index is 363.